The van der Waals surface area contributed by atoms with Crippen molar-refractivity contribution in [2.45, 2.75) is 33.6 Å². The Hall–Kier alpha value is -1.51. The lowest BCUT2D eigenvalue weighted by Gasteiger charge is -2.13. The van der Waals surface area contributed by atoms with Gasteiger partial charge in [0.05, 0.1) is 18.0 Å². The largest absolute Gasteiger partial charge is 0.320 e. The summed E-state index contributed by atoms with van der Waals surface area (Å²) in [5, 5.41) is 0. The molecule has 0 aliphatic carbocycles. The van der Waals surface area contributed by atoms with Gasteiger partial charge in [-0.25, -0.2) is 8.42 Å². The number of nitrogens with two attached hydrogens (primary N) is 1. The Morgan fingerprint density at radius 3 is 2.62 bits per heavy atom. The van der Waals surface area contributed by atoms with Crippen molar-refractivity contribution >= 4 is 15.7 Å². The summed E-state index contributed by atoms with van der Waals surface area (Å²) in [4.78, 5) is 0. The molecule has 116 valence electrons. The maximum Gasteiger partial charge on any atom is 0.232 e. The van der Waals surface area contributed by atoms with Crippen LogP contribution in [-0.2, 0) is 16.4 Å². The second kappa shape index (κ2) is 8.06. The second-order valence-electron chi connectivity index (χ2n) is 5.33. The monoisotopic (exact) mass is 308 g/mol. The fraction of sp³-hybridized carbons (Fsp3) is 0.500. The average Bonchev–Trinajstić information content (AvgIpc) is 2.44. The van der Waals surface area contributed by atoms with Crippen LogP contribution >= 0.6 is 0 Å². The highest BCUT2D eigenvalue weighted by Gasteiger charge is 2.13. The Bertz CT molecular complexity index is 625. The van der Waals surface area contributed by atoms with E-state index in [1.165, 1.54) is 0 Å². The molecule has 0 aliphatic rings. The predicted molar refractivity (Wildman–Crippen MR) is 88.6 cm³/mol. The number of sulfonamides is 1. The van der Waals surface area contributed by atoms with E-state index in [9.17, 15) is 8.42 Å². The molecule has 1 aromatic carbocycles. The minimum Gasteiger partial charge on any atom is -0.320 e. The van der Waals surface area contributed by atoms with E-state index in [1.54, 1.807) is 6.07 Å². The van der Waals surface area contributed by atoms with E-state index < -0.39 is 10.0 Å². The Balaban J connectivity index is 2.93. The molecule has 0 radical (unpaired) electrons. The van der Waals surface area contributed by atoms with E-state index in [1.807, 2.05) is 32.9 Å². The van der Waals surface area contributed by atoms with Gasteiger partial charge in [-0.1, -0.05) is 32.6 Å². The van der Waals surface area contributed by atoms with Crippen molar-refractivity contribution in [1.82, 2.24) is 0 Å². The average molecular weight is 308 g/mol. The summed E-state index contributed by atoms with van der Waals surface area (Å²) in [6.45, 7) is 6.32. The van der Waals surface area contributed by atoms with Crippen LogP contribution in [0.25, 0.3) is 0 Å². The van der Waals surface area contributed by atoms with Crippen LogP contribution in [0, 0.1) is 17.8 Å². The molecule has 0 saturated carbocycles. The van der Waals surface area contributed by atoms with Crippen LogP contribution in [-0.4, -0.2) is 20.7 Å². The highest BCUT2D eigenvalue weighted by Crippen LogP contribution is 2.20. The fourth-order valence-electron chi connectivity index (χ4n) is 1.83. The molecule has 0 saturated heterocycles. The van der Waals surface area contributed by atoms with Crippen LogP contribution in [0.3, 0.4) is 0 Å². The minimum absolute atomic E-state index is 0.141. The highest BCUT2D eigenvalue weighted by molar-refractivity contribution is 7.92. The molecule has 0 bridgehead atoms. The summed E-state index contributed by atoms with van der Waals surface area (Å²) >= 11 is 0. The molecular formula is C16H24N2O2S. The second-order valence-corrected chi connectivity index (χ2v) is 7.18. The summed E-state index contributed by atoms with van der Waals surface area (Å²) in [5.74, 6) is 6.26. The van der Waals surface area contributed by atoms with Gasteiger partial charge in [0, 0.05) is 5.56 Å². The Labute approximate surface area is 128 Å². The van der Waals surface area contributed by atoms with Gasteiger partial charge in [0.2, 0.25) is 10.0 Å². The molecule has 3 N–H and O–H groups in total. The number of rotatable bonds is 6. The summed E-state index contributed by atoms with van der Waals surface area (Å²) in [6, 6.07) is 5.48. The Morgan fingerprint density at radius 1 is 1.33 bits per heavy atom. The van der Waals surface area contributed by atoms with E-state index in [0.29, 0.717) is 24.6 Å². The van der Waals surface area contributed by atoms with Crippen molar-refractivity contribution in [2.24, 2.45) is 11.7 Å². The first-order chi connectivity index (χ1) is 9.88. The van der Waals surface area contributed by atoms with Crippen molar-refractivity contribution in [3.8, 4) is 11.8 Å². The smallest absolute Gasteiger partial charge is 0.232 e. The SMILES string of the molecule is CCc1cc(C#CCN)ccc1NS(=O)(=O)CCC(C)C. The molecule has 21 heavy (non-hydrogen) atoms. The molecule has 1 rings (SSSR count). The highest BCUT2D eigenvalue weighted by atomic mass is 32.2. The summed E-state index contributed by atoms with van der Waals surface area (Å²) in [5.41, 5.74) is 7.78. The predicted octanol–water partition coefficient (Wildman–Crippen LogP) is 2.35. The molecule has 1 aromatic rings. The van der Waals surface area contributed by atoms with Crippen LogP contribution in [0.2, 0.25) is 0 Å². The third kappa shape index (κ3) is 6.19. The van der Waals surface area contributed by atoms with Gasteiger partial charge in [-0.05, 0) is 42.5 Å². The molecule has 0 unspecified atom stereocenters. The Morgan fingerprint density at radius 2 is 2.05 bits per heavy atom. The Kier molecular flexibility index (Phi) is 6.73. The molecule has 5 heteroatoms. The van der Waals surface area contributed by atoms with E-state index >= 15 is 0 Å². The number of hydrogen-bond donors (Lipinski definition) is 2. The lowest BCUT2D eigenvalue weighted by atomic mass is 10.1. The topological polar surface area (TPSA) is 72.2 Å². The molecule has 0 aromatic heterocycles. The minimum atomic E-state index is -3.30. The number of benzene rings is 1. The standard InChI is InChI=1S/C16H24N2O2S/c1-4-15-12-14(6-5-10-17)7-8-16(15)18-21(19,20)11-9-13(2)3/h7-8,12-13,18H,4,9-11,17H2,1-3H3. The normalized spacial score (nSPS) is 11.1. The van der Waals surface area contributed by atoms with Crippen molar-refractivity contribution in [2.75, 3.05) is 17.0 Å². The van der Waals surface area contributed by atoms with E-state index in [-0.39, 0.29) is 5.75 Å². The van der Waals surface area contributed by atoms with Crippen molar-refractivity contribution in [1.29, 1.82) is 0 Å². The lowest BCUT2D eigenvalue weighted by molar-refractivity contribution is 0.578. The zero-order chi connectivity index (χ0) is 15.9. The first kappa shape index (κ1) is 17.5. The summed E-state index contributed by atoms with van der Waals surface area (Å²) < 4.78 is 26.8. The van der Waals surface area contributed by atoms with Gasteiger partial charge in [-0.3, -0.25) is 4.72 Å². The maximum absolute atomic E-state index is 12.1. The molecule has 0 fully saturated rings. The zero-order valence-electron chi connectivity index (χ0n) is 12.9. The van der Waals surface area contributed by atoms with Gasteiger partial charge in [-0.15, -0.1) is 0 Å². The molecule has 0 amide bonds. The van der Waals surface area contributed by atoms with E-state index in [0.717, 1.165) is 17.5 Å². The lowest BCUT2D eigenvalue weighted by Crippen LogP contribution is -2.18. The van der Waals surface area contributed by atoms with Crippen molar-refractivity contribution in [3.63, 3.8) is 0 Å². The number of nitrogens with one attached hydrogen (secondary N) is 1. The van der Waals surface area contributed by atoms with Crippen LogP contribution in [0.1, 0.15) is 38.3 Å². The molecule has 0 spiro atoms. The number of aryl methyl sites for hydroxylation is 1. The van der Waals surface area contributed by atoms with Gasteiger partial charge in [0.25, 0.3) is 0 Å². The maximum atomic E-state index is 12.1. The van der Waals surface area contributed by atoms with E-state index in [2.05, 4.69) is 16.6 Å². The van der Waals surface area contributed by atoms with Crippen LogP contribution in [0.5, 0.6) is 0 Å². The van der Waals surface area contributed by atoms with Crippen LogP contribution in [0.4, 0.5) is 5.69 Å². The van der Waals surface area contributed by atoms with Gasteiger partial charge < -0.3 is 5.73 Å². The van der Waals surface area contributed by atoms with Crippen molar-refractivity contribution in [3.05, 3.63) is 29.3 Å². The first-order valence-electron chi connectivity index (χ1n) is 7.20. The quantitative estimate of drug-likeness (QED) is 0.792. The molecule has 0 heterocycles. The molecule has 0 aliphatic heterocycles. The summed E-state index contributed by atoms with van der Waals surface area (Å²) in [6.07, 6.45) is 1.39. The van der Waals surface area contributed by atoms with Gasteiger partial charge in [-0.2, -0.15) is 0 Å². The fourth-order valence-corrected chi connectivity index (χ4v) is 3.24. The molecule has 4 nitrogen and oxygen atoms in total. The van der Waals surface area contributed by atoms with E-state index in [4.69, 9.17) is 5.73 Å². The third-order valence-corrected chi connectivity index (χ3v) is 4.35. The third-order valence-electron chi connectivity index (χ3n) is 3.05. The van der Waals surface area contributed by atoms with Gasteiger partial charge >= 0.3 is 0 Å². The van der Waals surface area contributed by atoms with Crippen molar-refractivity contribution < 1.29 is 8.42 Å². The van der Waals surface area contributed by atoms with Crippen LogP contribution in [0.15, 0.2) is 18.2 Å². The first-order valence-corrected chi connectivity index (χ1v) is 8.85. The number of hydrogen-bond acceptors (Lipinski definition) is 3. The van der Waals surface area contributed by atoms with Gasteiger partial charge in [0.1, 0.15) is 0 Å². The zero-order valence-corrected chi connectivity index (χ0v) is 13.8. The van der Waals surface area contributed by atoms with Gasteiger partial charge in [0.15, 0.2) is 0 Å². The molecular weight excluding hydrogens is 284 g/mol. The summed E-state index contributed by atoms with van der Waals surface area (Å²) in [7, 11) is -3.30. The number of anilines is 1. The molecule has 0 atom stereocenters. The van der Waals surface area contributed by atoms with Crippen LogP contribution < -0.4 is 10.5 Å².